The molecule has 3 heteroatoms. The normalized spacial score (nSPS) is 23.2. The van der Waals surface area contributed by atoms with Gasteiger partial charge in [-0.05, 0) is 40.2 Å². The number of hydrogen-bond acceptors (Lipinski definition) is 3. The number of nitrogens with one attached hydrogen (secondary N) is 1. The molecule has 1 atom stereocenters. The predicted octanol–water partition coefficient (Wildman–Crippen LogP) is 1.72. The minimum absolute atomic E-state index is 0.107. The highest BCUT2D eigenvalue weighted by atomic mass is 16.5. The molecule has 0 aromatic heterocycles. The lowest BCUT2D eigenvalue weighted by Gasteiger charge is -2.25. The van der Waals surface area contributed by atoms with E-state index in [1.54, 1.807) is 0 Å². The molecule has 0 spiro atoms. The van der Waals surface area contributed by atoms with Gasteiger partial charge in [0.1, 0.15) is 6.61 Å². The fraction of sp³-hybridized carbons (Fsp3) is 0.909. The fourth-order valence-corrected chi connectivity index (χ4v) is 1.46. The maximum absolute atomic E-state index is 11.5. The zero-order valence-corrected chi connectivity index (χ0v) is 9.43. The van der Waals surface area contributed by atoms with Gasteiger partial charge in [-0.1, -0.05) is 6.42 Å². The van der Waals surface area contributed by atoms with E-state index in [0.717, 1.165) is 13.0 Å². The Hall–Kier alpha value is -0.570. The van der Waals surface area contributed by atoms with Crippen molar-refractivity contribution in [3.8, 4) is 0 Å². The number of piperidine rings is 1. The van der Waals surface area contributed by atoms with Gasteiger partial charge in [0.2, 0.25) is 0 Å². The molecule has 0 unspecified atom stereocenters. The molecule has 0 aromatic rings. The third-order valence-corrected chi connectivity index (χ3v) is 2.44. The van der Waals surface area contributed by atoms with Crippen molar-refractivity contribution >= 4 is 5.97 Å². The molecule has 1 aliphatic heterocycles. The number of ether oxygens (including phenoxy) is 1. The van der Waals surface area contributed by atoms with E-state index < -0.39 is 0 Å². The van der Waals surface area contributed by atoms with Crippen molar-refractivity contribution in [2.75, 3.05) is 13.2 Å². The second kappa shape index (κ2) is 4.78. The highest BCUT2D eigenvalue weighted by molar-refractivity contribution is 5.75. The highest BCUT2D eigenvalue weighted by Gasteiger charge is 2.24. The molecular weight excluding hydrogens is 178 g/mol. The quantitative estimate of drug-likeness (QED) is 0.688. The van der Waals surface area contributed by atoms with Gasteiger partial charge in [-0.25, -0.2) is 0 Å². The first kappa shape index (κ1) is 11.5. The highest BCUT2D eigenvalue weighted by Crippen LogP contribution is 2.16. The topological polar surface area (TPSA) is 38.3 Å². The number of carbonyl (C=O) groups excluding carboxylic acids is 1. The van der Waals surface area contributed by atoms with Crippen molar-refractivity contribution < 1.29 is 9.53 Å². The third-order valence-electron chi connectivity index (χ3n) is 2.44. The lowest BCUT2D eigenvalue weighted by molar-refractivity contribution is -0.153. The molecule has 14 heavy (non-hydrogen) atoms. The average molecular weight is 199 g/mol. The summed E-state index contributed by atoms with van der Waals surface area (Å²) in [5.74, 6) is -0.107. The Labute approximate surface area is 86.2 Å². The molecule has 1 saturated heterocycles. The van der Waals surface area contributed by atoms with Gasteiger partial charge in [0.15, 0.2) is 0 Å². The zero-order chi connectivity index (χ0) is 10.6. The summed E-state index contributed by atoms with van der Waals surface area (Å²) in [6, 6.07) is 0.370. The number of hydrogen-bond donors (Lipinski definition) is 1. The van der Waals surface area contributed by atoms with Gasteiger partial charge in [0.25, 0.3) is 0 Å². The number of rotatable bonds is 2. The van der Waals surface area contributed by atoms with Crippen LogP contribution >= 0.6 is 0 Å². The maximum atomic E-state index is 11.5. The number of carbonyl (C=O) groups is 1. The summed E-state index contributed by atoms with van der Waals surface area (Å²) in [5.41, 5.74) is -0.380. The Bertz CT molecular complexity index is 190. The zero-order valence-electron chi connectivity index (χ0n) is 9.43. The Morgan fingerprint density at radius 1 is 1.43 bits per heavy atom. The summed E-state index contributed by atoms with van der Waals surface area (Å²) in [6.45, 7) is 7.21. The summed E-state index contributed by atoms with van der Waals surface area (Å²) in [5, 5.41) is 3.35. The Morgan fingerprint density at radius 3 is 2.64 bits per heavy atom. The van der Waals surface area contributed by atoms with Crippen molar-refractivity contribution in [2.24, 2.45) is 5.41 Å². The van der Waals surface area contributed by atoms with E-state index in [4.69, 9.17) is 4.74 Å². The molecule has 0 amide bonds. The minimum Gasteiger partial charge on any atom is -0.464 e. The molecule has 3 nitrogen and oxygen atoms in total. The molecule has 1 aliphatic rings. The molecule has 0 radical (unpaired) electrons. The Kier molecular flexibility index (Phi) is 3.93. The molecule has 0 aliphatic carbocycles. The van der Waals surface area contributed by atoms with Crippen LogP contribution in [0.25, 0.3) is 0 Å². The molecule has 1 fully saturated rings. The van der Waals surface area contributed by atoms with Gasteiger partial charge in [-0.3, -0.25) is 4.79 Å². The molecule has 0 bridgehead atoms. The third kappa shape index (κ3) is 3.66. The van der Waals surface area contributed by atoms with E-state index in [1.807, 2.05) is 20.8 Å². The van der Waals surface area contributed by atoms with Gasteiger partial charge >= 0.3 is 5.97 Å². The average Bonchev–Trinajstić information content (AvgIpc) is 2.14. The van der Waals surface area contributed by atoms with Crippen LogP contribution in [-0.2, 0) is 9.53 Å². The minimum atomic E-state index is -0.380. The molecule has 1 rings (SSSR count). The van der Waals surface area contributed by atoms with Crippen molar-refractivity contribution in [1.29, 1.82) is 0 Å². The second-order valence-corrected chi connectivity index (χ2v) is 5.00. The molecule has 1 N–H and O–H groups in total. The summed E-state index contributed by atoms with van der Waals surface area (Å²) in [4.78, 5) is 11.5. The first-order valence-electron chi connectivity index (χ1n) is 5.41. The number of esters is 1. The lowest BCUT2D eigenvalue weighted by Crippen LogP contribution is -2.39. The first-order chi connectivity index (χ1) is 6.50. The standard InChI is InChI=1S/C11H21NO2/c1-11(2,3)10(13)14-8-9-6-4-5-7-12-9/h9,12H,4-8H2,1-3H3/t9-/m0/s1. The van der Waals surface area contributed by atoms with Gasteiger partial charge in [-0.15, -0.1) is 0 Å². The predicted molar refractivity (Wildman–Crippen MR) is 56.1 cm³/mol. The molecule has 0 saturated carbocycles. The van der Waals surface area contributed by atoms with Crippen molar-refractivity contribution in [1.82, 2.24) is 5.32 Å². The summed E-state index contributed by atoms with van der Waals surface area (Å²) in [7, 11) is 0. The van der Waals surface area contributed by atoms with Crippen LogP contribution in [0.2, 0.25) is 0 Å². The molecular formula is C11H21NO2. The summed E-state index contributed by atoms with van der Waals surface area (Å²) >= 11 is 0. The molecule has 82 valence electrons. The summed E-state index contributed by atoms with van der Waals surface area (Å²) < 4.78 is 5.24. The van der Waals surface area contributed by atoms with Crippen molar-refractivity contribution in [3.63, 3.8) is 0 Å². The van der Waals surface area contributed by atoms with Crippen LogP contribution in [0.5, 0.6) is 0 Å². The Morgan fingerprint density at radius 2 is 2.14 bits per heavy atom. The van der Waals surface area contributed by atoms with Crippen LogP contribution in [-0.4, -0.2) is 25.2 Å². The monoisotopic (exact) mass is 199 g/mol. The second-order valence-electron chi connectivity index (χ2n) is 5.00. The van der Waals surface area contributed by atoms with E-state index in [2.05, 4.69) is 5.32 Å². The van der Waals surface area contributed by atoms with Gasteiger partial charge < -0.3 is 10.1 Å². The lowest BCUT2D eigenvalue weighted by atomic mass is 9.97. The van der Waals surface area contributed by atoms with E-state index in [9.17, 15) is 4.79 Å². The maximum Gasteiger partial charge on any atom is 0.311 e. The SMILES string of the molecule is CC(C)(C)C(=O)OC[C@@H]1CCCCN1. The van der Waals surface area contributed by atoms with Crippen LogP contribution in [0.3, 0.4) is 0 Å². The first-order valence-corrected chi connectivity index (χ1v) is 5.41. The van der Waals surface area contributed by atoms with E-state index in [-0.39, 0.29) is 11.4 Å². The van der Waals surface area contributed by atoms with E-state index in [1.165, 1.54) is 12.8 Å². The van der Waals surface area contributed by atoms with Crippen molar-refractivity contribution in [2.45, 2.75) is 46.1 Å². The Balaban J connectivity index is 2.22. The molecule has 1 heterocycles. The van der Waals surface area contributed by atoms with Crippen molar-refractivity contribution in [3.05, 3.63) is 0 Å². The van der Waals surface area contributed by atoms with Crippen LogP contribution in [0.15, 0.2) is 0 Å². The van der Waals surface area contributed by atoms with Gasteiger partial charge in [-0.2, -0.15) is 0 Å². The molecule has 0 aromatic carbocycles. The van der Waals surface area contributed by atoms with Gasteiger partial charge in [0, 0.05) is 6.04 Å². The van der Waals surface area contributed by atoms with Crippen LogP contribution in [0.1, 0.15) is 40.0 Å². The van der Waals surface area contributed by atoms with Crippen LogP contribution in [0, 0.1) is 5.41 Å². The largest absolute Gasteiger partial charge is 0.464 e. The van der Waals surface area contributed by atoms with Crippen LogP contribution in [0.4, 0.5) is 0 Å². The van der Waals surface area contributed by atoms with E-state index in [0.29, 0.717) is 12.6 Å². The van der Waals surface area contributed by atoms with Gasteiger partial charge in [0.05, 0.1) is 5.41 Å². The summed E-state index contributed by atoms with van der Waals surface area (Å²) in [6.07, 6.45) is 3.60. The van der Waals surface area contributed by atoms with Crippen LogP contribution < -0.4 is 5.32 Å². The smallest absolute Gasteiger partial charge is 0.311 e. The fourth-order valence-electron chi connectivity index (χ4n) is 1.46. The van der Waals surface area contributed by atoms with E-state index >= 15 is 0 Å².